The molecular weight excluding hydrogens is 442 g/mol. The van der Waals surface area contributed by atoms with Gasteiger partial charge in [-0.2, -0.15) is 13.2 Å². The Morgan fingerprint density at radius 3 is 2.30 bits per heavy atom. The van der Waals surface area contributed by atoms with Crippen LogP contribution in [0.25, 0.3) is 0 Å². The molecule has 154 valence electrons. The highest BCUT2D eigenvalue weighted by Crippen LogP contribution is 2.30. The third-order valence-electron chi connectivity index (χ3n) is 3.88. The summed E-state index contributed by atoms with van der Waals surface area (Å²) in [6.07, 6.45) is -1.79. The van der Waals surface area contributed by atoms with Crippen LogP contribution < -0.4 is 10.6 Å². The zero-order valence-corrected chi connectivity index (χ0v) is 16.4. The van der Waals surface area contributed by atoms with Gasteiger partial charge >= 0.3 is 6.18 Å². The number of carbonyl (C=O) groups excluding carboxylic acids is 2. The van der Waals surface area contributed by atoms with Gasteiger partial charge in [-0.3, -0.25) is 14.6 Å². The van der Waals surface area contributed by atoms with Gasteiger partial charge in [-0.05, 0) is 42.5 Å². The third-order valence-corrected chi connectivity index (χ3v) is 4.42. The van der Waals surface area contributed by atoms with Crippen LogP contribution in [0, 0.1) is 0 Å². The van der Waals surface area contributed by atoms with Gasteiger partial charge in [-0.25, -0.2) is 0 Å². The number of nitrogens with zero attached hydrogens (tertiary/aromatic N) is 1. The van der Waals surface area contributed by atoms with Gasteiger partial charge in [0.15, 0.2) is 0 Å². The number of halogens is 5. The maximum Gasteiger partial charge on any atom is 0.416 e. The second-order valence-electron chi connectivity index (χ2n) is 6.07. The van der Waals surface area contributed by atoms with Crippen LogP contribution in [0.4, 0.5) is 24.5 Å². The number of pyridine rings is 1. The normalized spacial score (nSPS) is 11.1. The Labute approximate surface area is 178 Å². The number of benzene rings is 2. The second-order valence-corrected chi connectivity index (χ2v) is 6.92. The maximum absolute atomic E-state index is 12.8. The van der Waals surface area contributed by atoms with E-state index in [-0.39, 0.29) is 21.8 Å². The van der Waals surface area contributed by atoms with Crippen molar-refractivity contribution in [3.05, 3.63) is 87.7 Å². The van der Waals surface area contributed by atoms with Gasteiger partial charge in [0, 0.05) is 17.4 Å². The largest absolute Gasteiger partial charge is 0.416 e. The SMILES string of the molecule is O=C(Nc1ccc(Cl)c(C(=O)Nc2cncc(Cl)c2)c1)c1cccc(C(F)(F)F)c1. The van der Waals surface area contributed by atoms with Gasteiger partial charge in [0.25, 0.3) is 11.8 Å². The maximum atomic E-state index is 12.8. The molecule has 5 nitrogen and oxygen atoms in total. The van der Waals surface area contributed by atoms with Crippen molar-refractivity contribution in [1.29, 1.82) is 0 Å². The first-order chi connectivity index (χ1) is 14.1. The monoisotopic (exact) mass is 453 g/mol. The highest BCUT2D eigenvalue weighted by Gasteiger charge is 2.30. The van der Waals surface area contributed by atoms with Gasteiger partial charge in [0.2, 0.25) is 0 Å². The van der Waals surface area contributed by atoms with Crippen molar-refractivity contribution >= 4 is 46.4 Å². The molecule has 0 bridgehead atoms. The van der Waals surface area contributed by atoms with Crippen LogP contribution in [-0.4, -0.2) is 16.8 Å². The van der Waals surface area contributed by atoms with Gasteiger partial charge in [-0.1, -0.05) is 29.3 Å². The first-order valence-corrected chi connectivity index (χ1v) is 9.09. The lowest BCUT2D eigenvalue weighted by Gasteiger charge is -2.11. The van der Waals surface area contributed by atoms with Gasteiger partial charge in [0.1, 0.15) is 0 Å². The molecule has 3 rings (SSSR count). The molecule has 0 atom stereocenters. The number of carbonyl (C=O) groups is 2. The van der Waals surface area contributed by atoms with E-state index in [0.29, 0.717) is 10.7 Å². The smallest absolute Gasteiger partial charge is 0.322 e. The fourth-order valence-electron chi connectivity index (χ4n) is 2.50. The summed E-state index contributed by atoms with van der Waals surface area (Å²) in [6.45, 7) is 0. The molecule has 0 aliphatic carbocycles. The minimum atomic E-state index is -4.57. The summed E-state index contributed by atoms with van der Waals surface area (Å²) in [5.74, 6) is -1.35. The average molecular weight is 454 g/mol. The quantitative estimate of drug-likeness (QED) is 0.515. The molecule has 0 radical (unpaired) electrons. The van der Waals surface area contributed by atoms with E-state index in [1.54, 1.807) is 0 Å². The lowest BCUT2D eigenvalue weighted by molar-refractivity contribution is -0.137. The fraction of sp³-hybridized carbons (Fsp3) is 0.0500. The van der Waals surface area contributed by atoms with E-state index in [2.05, 4.69) is 15.6 Å². The van der Waals surface area contributed by atoms with Crippen molar-refractivity contribution in [3.63, 3.8) is 0 Å². The highest BCUT2D eigenvalue weighted by molar-refractivity contribution is 6.34. The van der Waals surface area contributed by atoms with Crippen molar-refractivity contribution in [1.82, 2.24) is 4.98 Å². The highest BCUT2D eigenvalue weighted by atomic mass is 35.5. The number of anilines is 2. The molecule has 10 heteroatoms. The van der Waals surface area contributed by atoms with Gasteiger partial charge < -0.3 is 10.6 Å². The number of alkyl halides is 3. The summed E-state index contributed by atoms with van der Waals surface area (Å²) < 4.78 is 38.5. The molecule has 0 saturated carbocycles. The predicted molar refractivity (Wildman–Crippen MR) is 108 cm³/mol. The standard InChI is InChI=1S/C20H12Cl2F3N3O2/c21-13-7-15(10-26-9-13)28-19(30)16-8-14(4-5-17(16)22)27-18(29)11-2-1-3-12(6-11)20(23,24)25/h1-10H,(H,27,29)(H,28,30). The van der Waals surface area contributed by atoms with Gasteiger partial charge in [-0.15, -0.1) is 0 Å². The molecular formula is C20H12Cl2F3N3O2. The molecule has 2 aromatic carbocycles. The van der Waals surface area contributed by atoms with Crippen LogP contribution in [0.3, 0.4) is 0 Å². The summed E-state index contributed by atoms with van der Waals surface area (Å²) in [4.78, 5) is 28.7. The Balaban J connectivity index is 1.80. The summed E-state index contributed by atoms with van der Waals surface area (Å²) >= 11 is 11.9. The van der Waals surface area contributed by atoms with E-state index in [9.17, 15) is 22.8 Å². The molecule has 0 saturated heterocycles. The third kappa shape index (κ3) is 5.28. The Kier molecular flexibility index (Phi) is 6.28. The second kappa shape index (κ2) is 8.73. The number of amides is 2. The molecule has 30 heavy (non-hydrogen) atoms. The number of hydrogen-bond acceptors (Lipinski definition) is 3. The Bertz CT molecular complexity index is 1120. The first-order valence-electron chi connectivity index (χ1n) is 8.33. The van der Waals surface area contributed by atoms with Crippen LogP contribution in [0.2, 0.25) is 10.0 Å². The molecule has 0 fully saturated rings. The van der Waals surface area contributed by atoms with E-state index in [0.717, 1.165) is 18.2 Å². The average Bonchev–Trinajstić information content (AvgIpc) is 2.69. The lowest BCUT2D eigenvalue weighted by Crippen LogP contribution is -2.16. The molecule has 3 aromatic rings. The van der Waals surface area contributed by atoms with Crippen molar-refractivity contribution in [2.45, 2.75) is 6.18 Å². The molecule has 1 heterocycles. The van der Waals surface area contributed by atoms with Gasteiger partial charge in [0.05, 0.1) is 33.1 Å². The molecule has 2 N–H and O–H groups in total. The molecule has 0 aliphatic rings. The zero-order valence-electron chi connectivity index (χ0n) is 14.9. The fourth-order valence-corrected chi connectivity index (χ4v) is 2.87. The van der Waals surface area contributed by atoms with E-state index in [1.807, 2.05) is 0 Å². The summed E-state index contributed by atoms with van der Waals surface area (Å²) in [7, 11) is 0. The minimum Gasteiger partial charge on any atom is -0.322 e. The number of nitrogens with one attached hydrogen (secondary N) is 2. The Morgan fingerprint density at radius 2 is 1.60 bits per heavy atom. The summed E-state index contributed by atoms with van der Waals surface area (Å²) in [5, 5.41) is 5.45. The van der Waals surface area contributed by atoms with Crippen molar-refractivity contribution in [2.24, 2.45) is 0 Å². The van der Waals surface area contributed by atoms with E-state index in [4.69, 9.17) is 23.2 Å². The zero-order chi connectivity index (χ0) is 21.9. The summed E-state index contributed by atoms with van der Waals surface area (Å²) in [6, 6.07) is 9.59. The lowest BCUT2D eigenvalue weighted by atomic mass is 10.1. The van der Waals surface area contributed by atoms with Crippen LogP contribution >= 0.6 is 23.2 Å². The molecule has 0 unspecified atom stereocenters. The van der Waals surface area contributed by atoms with E-state index >= 15 is 0 Å². The van der Waals surface area contributed by atoms with E-state index in [1.165, 1.54) is 42.7 Å². The van der Waals surface area contributed by atoms with Crippen molar-refractivity contribution in [3.8, 4) is 0 Å². The van der Waals surface area contributed by atoms with Crippen LogP contribution in [0.1, 0.15) is 26.3 Å². The van der Waals surface area contributed by atoms with Crippen molar-refractivity contribution in [2.75, 3.05) is 10.6 Å². The topological polar surface area (TPSA) is 71.1 Å². The Hall–Kier alpha value is -3.10. The van der Waals surface area contributed by atoms with Crippen molar-refractivity contribution < 1.29 is 22.8 Å². The number of rotatable bonds is 4. The first kappa shape index (κ1) is 21.6. The number of hydrogen-bond donors (Lipinski definition) is 2. The molecule has 0 spiro atoms. The minimum absolute atomic E-state index is 0.0403. The predicted octanol–water partition coefficient (Wildman–Crippen LogP) is 5.91. The van der Waals surface area contributed by atoms with Crippen LogP contribution in [-0.2, 0) is 6.18 Å². The Morgan fingerprint density at radius 1 is 0.867 bits per heavy atom. The summed E-state index contributed by atoms with van der Waals surface area (Å²) in [5.41, 5.74) is -0.575. The van der Waals surface area contributed by atoms with Crippen LogP contribution in [0.15, 0.2) is 60.9 Å². The molecule has 1 aromatic heterocycles. The molecule has 2 amide bonds. The molecule has 0 aliphatic heterocycles. The van der Waals surface area contributed by atoms with E-state index < -0.39 is 23.6 Å². The number of aromatic nitrogens is 1. The van der Waals surface area contributed by atoms with Crippen LogP contribution in [0.5, 0.6) is 0 Å².